The number of hydrogen-bond acceptors (Lipinski definition) is 4. The number of halogens is 1. The van der Waals surface area contributed by atoms with Gasteiger partial charge in [0.15, 0.2) is 6.61 Å². The first-order valence-electron chi connectivity index (χ1n) is 6.17. The Kier molecular flexibility index (Phi) is 4.80. The van der Waals surface area contributed by atoms with E-state index in [1.165, 1.54) is 0 Å². The molecule has 2 aromatic rings. The number of nitriles is 1. The van der Waals surface area contributed by atoms with Gasteiger partial charge in [-0.25, -0.2) is 4.98 Å². The average molecular weight is 288 g/mol. The van der Waals surface area contributed by atoms with Crippen LogP contribution >= 0.6 is 11.6 Å². The van der Waals surface area contributed by atoms with E-state index in [4.69, 9.17) is 21.6 Å². The number of anilines is 1. The molecule has 1 atom stereocenters. The first-order chi connectivity index (χ1) is 9.69. The summed E-state index contributed by atoms with van der Waals surface area (Å²) in [5.74, 6) is 0.690. The highest BCUT2D eigenvalue weighted by molar-refractivity contribution is 6.29. The van der Waals surface area contributed by atoms with E-state index >= 15 is 0 Å². The quantitative estimate of drug-likeness (QED) is 0.850. The Labute approximate surface area is 123 Å². The minimum Gasteiger partial charge on any atom is -0.479 e. The lowest BCUT2D eigenvalue weighted by atomic mass is 10.1. The number of pyridine rings is 1. The molecule has 5 heteroatoms. The van der Waals surface area contributed by atoms with Crippen LogP contribution in [0.4, 0.5) is 5.69 Å². The molecule has 0 radical (unpaired) electrons. The summed E-state index contributed by atoms with van der Waals surface area (Å²) in [5.41, 5.74) is 2.02. The third-order valence-electron chi connectivity index (χ3n) is 2.79. The molecular weight excluding hydrogens is 274 g/mol. The maximum absolute atomic E-state index is 8.45. The SMILES string of the molecule is CC(Nc1ccc(Cl)nc1)c1ccc(OCC#N)cc1. The summed E-state index contributed by atoms with van der Waals surface area (Å²) >= 11 is 5.75. The molecule has 1 unspecified atom stereocenters. The Hall–Kier alpha value is -2.25. The van der Waals surface area contributed by atoms with Crippen molar-refractivity contribution in [1.82, 2.24) is 4.98 Å². The van der Waals surface area contributed by atoms with Crippen molar-refractivity contribution >= 4 is 17.3 Å². The summed E-state index contributed by atoms with van der Waals surface area (Å²) in [6.07, 6.45) is 1.70. The van der Waals surface area contributed by atoms with Crippen molar-refractivity contribution in [1.29, 1.82) is 5.26 Å². The van der Waals surface area contributed by atoms with E-state index in [1.807, 2.05) is 36.4 Å². The van der Waals surface area contributed by atoms with Crippen molar-refractivity contribution in [2.45, 2.75) is 13.0 Å². The van der Waals surface area contributed by atoms with Gasteiger partial charge in [0.2, 0.25) is 0 Å². The van der Waals surface area contributed by atoms with Gasteiger partial charge in [-0.15, -0.1) is 0 Å². The van der Waals surface area contributed by atoms with E-state index < -0.39 is 0 Å². The molecule has 0 bridgehead atoms. The van der Waals surface area contributed by atoms with Gasteiger partial charge < -0.3 is 10.1 Å². The summed E-state index contributed by atoms with van der Waals surface area (Å²) in [6, 6.07) is 13.3. The molecule has 0 fully saturated rings. The number of aromatic nitrogens is 1. The monoisotopic (exact) mass is 287 g/mol. The standard InChI is InChI=1S/C15H14ClN3O/c1-11(19-13-4-7-15(16)18-10-13)12-2-5-14(6-3-12)20-9-8-17/h2-7,10-11,19H,9H2,1H3. The van der Waals surface area contributed by atoms with Crippen LogP contribution in [-0.2, 0) is 0 Å². The normalized spacial score (nSPS) is 11.4. The predicted molar refractivity (Wildman–Crippen MR) is 78.8 cm³/mol. The van der Waals surface area contributed by atoms with Crippen LogP contribution < -0.4 is 10.1 Å². The van der Waals surface area contributed by atoms with E-state index in [-0.39, 0.29) is 12.6 Å². The zero-order chi connectivity index (χ0) is 14.4. The lowest BCUT2D eigenvalue weighted by Crippen LogP contribution is -2.06. The number of nitrogens with zero attached hydrogens (tertiary/aromatic N) is 2. The third kappa shape index (κ3) is 3.87. The van der Waals surface area contributed by atoms with Crippen LogP contribution in [0.25, 0.3) is 0 Å². The Morgan fingerprint density at radius 3 is 2.65 bits per heavy atom. The summed E-state index contributed by atoms with van der Waals surface area (Å²) in [5, 5.41) is 12.3. The predicted octanol–water partition coefficient (Wildman–Crippen LogP) is 3.81. The van der Waals surface area contributed by atoms with Crippen LogP contribution in [-0.4, -0.2) is 11.6 Å². The first-order valence-corrected chi connectivity index (χ1v) is 6.54. The van der Waals surface area contributed by atoms with Crippen LogP contribution in [0.15, 0.2) is 42.6 Å². The fourth-order valence-corrected chi connectivity index (χ4v) is 1.87. The minimum absolute atomic E-state index is 0.0591. The topological polar surface area (TPSA) is 57.9 Å². The second kappa shape index (κ2) is 6.78. The molecule has 1 aromatic carbocycles. The summed E-state index contributed by atoms with van der Waals surface area (Å²) in [4.78, 5) is 4.03. The van der Waals surface area contributed by atoms with Crippen molar-refractivity contribution in [2.24, 2.45) is 0 Å². The molecule has 0 saturated heterocycles. The van der Waals surface area contributed by atoms with Crippen molar-refractivity contribution < 1.29 is 4.74 Å². The Morgan fingerprint density at radius 1 is 1.30 bits per heavy atom. The van der Waals surface area contributed by atoms with E-state index in [1.54, 1.807) is 12.3 Å². The number of ether oxygens (including phenoxy) is 1. The summed E-state index contributed by atoms with van der Waals surface area (Å²) in [7, 11) is 0. The second-order valence-electron chi connectivity index (χ2n) is 4.25. The number of hydrogen-bond donors (Lipinski definition) is 1. The van der Waals surface area contributed by atoms with E-state index in [0.717, 1.165) is 11.3 Å². The molecule has 4 nitrogen and oxygen atoms in total. The third-order valence-corrected chi connectivity index (χ3v) is 3.02. The average Bonchev–Trinajstić information content (AvgIpc) is 2.48. The maximum atomic E-state index is 8.45. The summed E-state index contributed by atoms with van der Waals surface area (Å²) in [6.45, 7) is 2.11. The zero-order valence-corrected chi connectivity index (χ0v) is 11.8. The molecule has 1 N–H and O–H groups in total. The van der Waals surface area contributed by atoms with Crippen molar-refractivity contribution in [3.63, 3.8) is 0 Å². The lowest BCUT2D eigenvalue weighted by Gasteiger charge is -2.15. The molecule has 0 saturated carbocycles. The van der Waals surface area contributed by atoms with Crippen molar-refractivity contribution in [3.8, 4) is 11.8 Å². The fraction of sp³-hybridized carbons (Fsp3) is 0.200. The first kappa shape index (κ1) is 14.2. The number of rotatable bonds is 5. The molecule has 0 spiro atoms. The van der Waals surface area contributed by atoms with Gasteiger partial charge in [0.05, 0.1) is 11.9 Å². The van der Waals surface area contributed by atoms with Crippen LogP contribution in [0.5, 0.6) is 5.75 Å². The van der Waals surface area contributed by atoms with Gasteiger partial charge in [0.1, 0.15) is 17.0 Å². The second-order valence-corrected chi connectivity index (χ2v) is 4.64. The molecule has 0 aliphatic rings. The van der Waals surface area contributed by atoms with Gasteiger partial charge in [-0.1, -0.05) is 23.7 Å². The van der Waals surface area contributed by atoms with Gasteiger partial charge in [0.25, 0.3) is 0 Å². The minimum atomic E-state index is 0.0591. The molecule has 0 amide bonds. The molecule has 0 aliphatic heterocycles. The van der Waals surface area contributed by atoms with Gasteiger partial charge in [-0.2, -0.15) is 5.26 Å². The molecule has 2 rings (SSSR count). The fourth-order valence-electron chi connectivity index (χ4n) is 1.76. The van der Waals surface area contributed by atoms with Gasteiger partial charge in [-0.05, 0) is 36.8 Å². The summed E-state index contributed by atoms with van der Waals surface area (Å²) < 4.78 is 5.22. The van der Waals surface area contributed by atoms with Crippen LogP contribution in [0.3, 0.4) is 0 Å². The Balaban J connectivity index is 2.00. The van der Waals surface area contributed by atoms with E-state index in [2.05, 4.69) is 17.2 Å². The lowest BCUT2D eigenvalue weighted by molar-refractivity contribution is 0.368. The van der Waals surface area contributed by atoms with Crippen LogP contribution in [0.1, 0.15) is 18.5 Å². The van der Waals surface area contributed by atoms with Crippen molar-refractivity contribution in [2.75, 3.05) is 11.9 Å². The highest BCUT2D eigenvalue weighted by atomic mass is 35.5. The smallest absolute Gasteiger partial charge is 0.174 e. The zero-order valence-electron chi connectivity index (χ0n) is 11.0. The van der Waals surface area contributed by atoms with E-state index in [9.17, 15) is 0 Å². The Morgan fingerprint density at radius 2 is 2.05 bits per heavy atom. The largest absolute Gasteiger partial charge is 0.479 e. The molecule has 20 heavy (non-hydrogen) atoms. The molecule has 0 aliphatic carbocycles. The van der Waals surface area contributed by atoms with Gasteiger partial charge in [0, 0.05) is 6.04 Å². The Bertz CT molecular complexity index is 590. The highest BCUT2D eigenvalue weighted by Crippen LogP contribution is 2.21. The van der Waals surface area contributed by atoms with Gasteiger partial charge in [-0.3, -0.25) is 0 Å². The number of benzene rings is 1. The van der Waals surface area contributed by atoms with Gasteiger partial charge >= 0.3 is 0 Å². The molecule has 1 aromatic heterocycles. The maximum Gasteiger partial charge on any atom is 0.174 e. The molecular formula is C15H14ClN3O. The molecule has 102 valence electrons. The van der Waals surface area contributed by atoms with Crippen LogP contribution in [0.2, 0.25) is 5.15 Å². The van der Waals surface area contributed by atoms with E-state index in [0.29, 0.717) is 10.9 Å². The van der Waals surface area contributed by atoms with Crippen molar-refractivity contribution in [3.05, 3.63) is 53.3 Å². The number of nitrogens with one attached hydrogen (secondary N) is 1. The highest BCUT2D eigenvalue weighted by Gasteiger charge is 2.06. The van der Waals surface area contributed by atoms with Crippen LogP contribution in [0, 0.1) is 11.3 Å². The molecule has 1 heterocycles.